The Morgan fingerprint density at radius 1 is 1.05 bits per heavy atom. The van der Waals surface area contributed by atoms with Gasteiger partial charge in [0, 0.05) is 39.9 Å². The summed E-state index contributed by atoms with van der Waals surface area (Å²) in [4.78, 5) is 2.36. The molecule has 0 aliphatic heterocycles. The summed E-state index contributed by atoms with van der Waals surface area (Å²) in [5.74, 6) is 0. The number of hydrogen-bond acceptors (Lipinski definition) is 4. The van der Waals surface area contributed by atoms with Crippen LogP contribution in [-0.2, 0) is 9.47 Å². The maximum atomic E-state index is 5.17. The van der Waals surface area contributed by atoms with Gasteiger partial charge in [0.05, 0.1) is 13.2 Å². The monoisotopic (exact) mass is 266 g/mol. The Hall–Kier alpha value is -0.940. The highest BCUT2D eigenvalue weighted by atomic mass is 16.5. The van der Waals surface area contributed by atoms with Gasteiger partial charge in [-0.2, -0.15) is 0 Å². The maximum absolute atomic E-state index is 5.17. The minimum Gasteiger partial charge on any atom is -0.383 e. The zero-order valence-corrected chi connectivity index (χ0v) is 12.3. The van der Waals surface area contributed by atoms with Crippen molar-refractivity contribution in [3.63, 3.8) is 0 Å². The molecule has 1 aromatic rings. The van der Waals surface area contributed by atoms with Crippen LogP contribution in [-0.4, -0.2) is 59.0 Å². The molecule has 1 unspecified atom stereocenters. The van der Waals surface area contributed by atoms with Crippen molar-refractivity contribution in [1.29, 1.82) is 0 Å². The summed E-state index contributed by atoms with van der Waals surface area (Å²) >= 11 is 0. The van der Waals surface area contributed by atoms with Crippen LogP contribution in [0.1, 0.15) is 11.6 Å². The van der Waals surface area contributed by atoms with E-state index in [2.05, 4.69) is 34.5 Å². The van der Waals surface area contributed by atoms with Crippen LogP contribution in [0.4, 0.5) is 0 Å². The third kappa shape index (κ3) is 6.16. The van der Waals surface area contributed by atoms with E-state index in [0.29, 0.717) is 6.04 Å². The van der Waals surface area contributed by atoms with Crippen LogP contribution in [0, 0.1) is 0 Å². The highest BCUT2D eigenvalue weighted by Crippen LogP contribution is 2.13. The maximum Gasteiger partial charge on any atom is 0.0589 e. The lowest BCUT2D eigenvalue weighted by atomic mass is 10.1. The minimum absolute atomic E-state index is 0.329. The fourth-order valence-corrected chi connectivity index (χ4v) is 2.04. The van der Waals surface area contributed by atoms with Gasteiger partial charge in [-0.25, -0.2) is 0 Å². The first-order chi connectivity index (χ1) is 9.31. The van der Waals surface area contributed by atoms with Gasteiger partial charge in [-0.05, 0) is 12.6 Å². The van der Waals surface area contributed by atoms with Gasteiger partial charge in [-0.1, -0.05) is 30.3 Å². The van der Waals surface area contributed by atoms with E-state index in [1.54, 1.807) is 14.2 Å². The molecule has 0 bridgehead atoms. The predicted molar refractivity (Wildman–Crippen MR) is 78.4 cm³/mol. The van der Waals surface area contributed by atoms with Gasteiger partial charge in [0.1, 0.15) is 0 Å². The van der Waals surface area contributed by atoms with Gasteiger partial charge >= 0.3 is 0 Å². The molecule has 0 amide bonds. The highest BCUT2D eigenvalue weighted by Gasteiger charge is 2.14. The summed E-state index contributed by atoms with van der Waals surface area (Å²) < 4.78 is 10.3. The Morgan fingerprint density at radius 3 is 2.11 bits per heavy atom. The number of methoxy groups -OCH3 is 2. The Morgan fingerprint density at radius 2 is 1.63 bits per heavy atom. The molecule has 0 aliphatic rings. The van der Waals surface area contributed by atoms with Crippen LogP contribution in [0.2, 0.25) is 0 Å². The standard InChI is InChI=1S/C15H26N2O2/c1-16-15(14-7-5-4-6-8-14)13-17(9-11-18-2)10-12-19-3/h4-8,15-16H,9-13H2,1-3H3. The van der Waals surface area contributed by atoms with Crippen molar-refractivity contribution in [2.45, 2.75) is 6.04 Å². The van der Waals surface area contributed by atoms with E-state index in [1.165, 1.54) is 5.56 Å². The molecule has 0 radical (unpaired) electrons. The molecule has 1 aromatic carbocycles. The quantitative estimate of drug-likeness (QED) is 0.696. The second kappa shape index (κ2) is 9.92. The van der Waals surface area contributed by atoms with E-state index in [1.807, 2.05) is 13.1 Å². The van der Waals surface area contributed by atoms with Gasteiger partial charge in [0.15, 0.2) is 0 Å². The second-order valence-corrected chi connectivity index (χ2v) is 4.54. The van der Waals surface area contributed by atoms with Crippen molar-refractivity contribution in [2.75, 3.05) is 54.1 Å². The normalized spacial score (nSPS) is 12.8. The number of benzene rings is 1. The number of ether oxygens (including phenoxy) is 2. The van der Waals surface area contributed by atoms with Crippen molar-refractivity contribution in [2.24, 2.45) is 0 Å². The van der Waals surface area contributed by atoms with Gasteiger partial charge in [0.25, 0.3) is 0 Å². The van der Waals surface area contributed by atoms with E-state index < -0.39 is 0 Å². The lowest BCUT2D eigenvalue weighted by Crippen LogP contribution is -2.37. The van der Waals surface area contributed by atoms with Crippen LogP contribution in [0.3, 0.4) is 0 Å². The van der Waals surface area contributed by atoms with Crippen molar-refractivity contribution in [3.05, 3.63) is 35.9 Å². The molecule has 1 N–H and O–H groups in total. The van der Waals surface area contributed by atoms with Crippen molar-refractivity contribution < 1.29 is 9.47 Å². The van der Waals surface area contributed by atoms with Crippen molar-refractivity contribution >= 4 is 0 Å². The molecule has 4 heteroatoms. The van der Waals surface area contributed by atoms with Crippen LogP contribution < -0.4 is 5.32 Å². The topological polar surface area (TPSA) is 33.7 Å². The zero-order chi connectivity index (χ0) is 13.9. The first-order valence-corrected chi connectivity index (χ1v) is 6.74. The molecule has 0 spiro atoms. The SMILES string of the molecule is CNC(CN(CCOC)CCOC)c1ccccc1. The second-order valence-electron chi connectivity index (χ2n) is 4.54. The fourth-order valence-electron chi connectivity index (χ4n) is 2.04. The van der Waals surface area contributed by atoms with E-state index >= 15 is 0 Å². The molecule has 0 saturated carbocycles. The van der Waals surface area contributed by atoms with Crippen LogP contribution in [0.25, 0.3) is 0 Å². The summed E-state index contributed by atoms with van der Waals surface area (Å²) in [5, 5.41) is 3.38. The highest BCUT2D eigenvalue weighted by molar-refractivity contribution is 5.19. The van der Waals surface area contributed by atoms with Crippen LogP contribution in [0.5, 0.6) is 0 Å². The molecule has 0 aromatic heterocycles. The molecular weight excluding hydrogens is 240 g/mol. The Balaban J connectivity index is 2.58. The van der Waals surface area contributed by atoms with Crippen LogP contribution >= 0.6 is 0 Å². The third-order valence-electron chi connectivity index (χ3n) is 3.21. The summed E-state index contributed by atoms with van der Waals surface area (Å²) in [6, 6.07) is 10.8. The fraction of sp³-hybridized carbons (Fsp3) is 0.600. The molecule has 1 atom stereocenters. The molecule has 1 rings (SSSR count). The molecule has 0 fully saturated rings. The Kier molecular flexibility index (Phi) is 8.41. The average molecular weight is 266 g/mol. The Labute approximate surface area is 116 Å². The number of rotatable bonds is 10. The van der Waals surface area contributed by atoms with Crippen molar-refractivity contribution in [3.8, 4) is 0 Å². The van der Waals surface area contributed by atoms with E-state index in [-0.39, 0.29) is 0 Å². The summed E-state index contributed by atoms with van der Waals surface area (Å²) in [5.41, 5.74) is 1.31. The summed E-state index contributed by atoms with van der Waals surface area (Å²) in [7, 11) is 5.48. The number of nitrogens with one attached hydrogen (secondary N) is 1. The molecule has 0 saturated heterocycles. The number of nitrogens with zero attached hydrogens (tertiary/aromatic N) is 1. The van der Waals surface area contributed by atoms with E-state index in [9.17, 15) is 0 Å². The number of likely N-dealkylation sites (N-methyl/N-ethyl adjacent to an activating group) is 1. The van der Waals surface area contributed by atoms with E-state index in [4.69, 9.17) is 9.47 Å². The molecule has 19 heavy (non-hydrogen) atoms. The number of hydrogen-bond donors (Lipinski definition) is 1. The lowest BCUT2D eigenvalue weighted by Gasteiger charge is -2.27. The first kappa shape index (κ1) is 16.1. The smallest absolute Gasteiger partial charge is 0.0589 e. The van der Waals surface area contributed by atoms with Gasteiger partial charge < -0.3 is 14.8 Å². The van der Waals surface area contributed by atoms with Gasteiger partial charge in [-0.3, -0.25) is 4.90 Å². The molecule has 4 nitrogen and oxygen atoms in total. The Bertz CT molecular complexity index is 311. The van der Waals surface area contributed by atoms with E-state index in [0.717, 1.165) is 32.8 Å². The van der Waals surface area contributed by atoms with Crippen molar-refractivity contribution in [1.82, 2.24) is 10.2 Å². The molecular formula is C15H26N2O2. The summed E-state index contributed by atoms with van der Waals surface area (Å²) in [6.07, 6.45) is 0. The lowest BCUT2D eigenvalue weighted by molar-refractivity contribution is 0.108. The third-order valence-corrected chi connectivity index (χ3v) is 3.21. The zero-order valence-electron chi connectivity index (χ0n) is 12.3. The largest absolute Gasteiger partial charge is 0.383 e. The molecule has 0 heterocycles. The predicted octanol–water partition coefficient (Wildman–Crippen LogP) is 1.54. The first-order valence-electron chi connectivity index (χ1n) is 6.74. The average Bonchev–Trinajstić information content (AvgIpc) is 2.47. The molecule has 108 valence electrons. The van der Waals surface area contributed by atoms with Crippen LogP contribution in [0.15, 0.2) is 30.3 Å². The minimum atomic E-state index is 0.329. The van der Waals surface area contributed by atoms with Gasteiger partial charge in [0.2, 0.25) is 0 Å². The summed E-state index contributed by atoms with van der Waals surface area (Å²) in [6.45, 7) is 4.28. The van der Waals surface area contributed by atoms with Gasteiger partial charge in [-0.15, -0.1) is 0 Å². The molecule has 0 aliphatic carbocycles.